The van der Waals surface area contributed by atoms with E-state index in [0.29, 0.717) is 0 Å². The van der Waals surface area contributed by atoms with Crippen molar-refractivity contribution >= 4 is 0 Å². The monoisotopic (exact) mass is 174 g/mol. The molecule has 4 N–H and O–H groups in total. The van der Waals surface area contributed by atoms with Crippen LogP contribution < -0.4 is 0 Å². The van der Waals surface area contributed by atoms with Gasteiger partial charge in [0.15, 0.2) is 0 Å². The number of rotatable bonds is 0. The van der Waals surface area contributed by atoms with Gasteiger partial charge in [0.2, 0.25) is 0 Å². The third-order valence-electron chi connectivity index (χ3n) is 2.43. The molecule has 1 aliphatic heterocycles. The molecule has 2 aliphatic rings. The van der Waals surface area contributed by atoms with E-state index < -0.39 is 36.5 Å². The molecular weight excluding hydrogens is 164 g/mol. The first-order valence-corrected chi connectivity index (χ1v) is 3.75. The van der Waals surface area contributed by atoms with E-state index in [1.54, 1.807) is 0 Å². The number of nitrogens with zero attached hydrogens (tertiary/aromatic N) is 2. The summed E-state index contributed by atoms with van der Waals surface area (Å²) in [7, 11) is 0. The highest BCUT2D eigenvalue weighted by molar-refractivity contribution is 5.07. The Bertz CT molecular complexity index is 202. The number of azo groups is 1. The first kappa shape index (κ1) is 8.06. The molecule has 1 aliphatic carbocycles. The van der Waals surface area contributed by atoms with Crippen molar-refractivity contribution in [3.8, 4) is 0 Å². The molecule has 1 fully saturated rings. The Balaban J connectivity index is 2.28. The summed E-state index contributed by atoms with van der Waals surface area (Å²) >= 11 is 0. The third kappa shape index (κ3) is 0.831. The second-order valence-corrected chi connectivity index (χ2v) is 3.17. The van der Waals surface area contributed by atoms with Crippen molar-refractivity contribution in [1.29, 1.82) is 0 Å². The lowest BCUT2D eigenvalue weighted by Crippen LogP contribution is -2.59. The summed E-state index contributed by atoms with van der Waals surface area (Å²) in [4.78, 5) is 0. The van der Waals surface area contributed by atoms with E-state index in [0.717, 1.165) is 0 Å². The molecule has 0 saturated heterocycles. The molecular formula is C6H10N2O4. The van der Waals surface area contributed by atoms with Gasteiger partial charge in [-0.05, 0) is 0 Å². The number of aliphatic hydroxyl groups excluding tert-OH is 4. The molecule has 2 bridgehead atoms. The summed E-state index contributed by atoms with van der Waals surface area (Å²) in [5.74, 6) is 0. The van der Waals surface area contributed by atoms with E-state index in [1.165, 1.54) is 0 Å². The van der Waals surface area contributed by atoms with Gasteiger partial charge in [-0.3, -0.25) is 0 Å². The van der Waals surface area contributed by atoms with Crippen molar-refractivity contribution in [2.24, 2.45) is 10.2 Å². The molecule has 0 aromatic carbocycles. The predicted molar refractivity (Wildman–Crippen MR) is 36.5 cm³/mol. The molecule has 2 rings (SSSR count). The van der Waals surface area contributed by atoms with Gasteiger partial charge in [0, 0.05) is 0 Å². The third-order valence-corrected chi connectivity index (χ3v) is 2.43. The van der Waals surface area contributed by atoms with E-state index in [-0.39, 0.29) is 0 Å². The molecule has 6 nitrogen and oxygen atoms in total. The molecule has 12 heavy (non-hydrogen) atoms. The van der Waals surface area contributed by atoms with Gasteiger partial charge < -0.3 is 20.4 Å². The van der Waals surface area contributed by atoms with Crippen LogP contribution in [-0.2, 0) is 0 Å². The van der Waals surface area contributed by atoms with E-state index >= 15 is 0 Å². The summed E-state index contributed by atoms with van der Waals surface area (Å²) in [5, 5.41) is 44.3. The maximum absolute atomic E-state index is 9.35. The highest BCUT2D eigenvalue weighted by atomic mass is 16.4. The number of hydrogen-bond donors (Lipinski definition) is 4. The van der Waals surface area contributed by atoms with Crippen LogP contribution in [0.15, 0.2) is 10.2 Å². The smallest absolute Gasteiger partial charge is 0.127 e. The fourth-order valence-electron chi connectivity index (χ4n) is 1.64. The second-order valence-electron chi connectivity index (χ2n) is 3.17. The molecule has 0 radical (unpaired) electrons. The van der Waals surface area contributed by atoms with Gasteiger partial charge in [-0.1, -0.05) is 0 Å². The largest absolute Gasteiger partial charge is 0.388 e. The van der Waals surface area contributed by atoms with Crippen LogP contribution in [0.3, 0.4) is 0 Å². The van der Waals surface area contributed by atoms with Crippen LogP contribution in [0, 0.1) is 0 Å². The van der Waals surface area contributed by atoms with Gasteiger partial charge in [-0.15, -0.1) is 0 Å². The van der Waals surface area contributed by atoms with Gasteiger partial charge in [0.25, 0.3) is 0 Å². The average Bonchev–Trinajstić information content (AvgIpc) is 2.38. The van der Waals surface area contributed by atoms with Gasteiger partial charge >= 0.3 is 0 Å². The zero-order valence-corrected chi connectivity index (χ0v) is 6.15. The number of hydrogen-bond acceptors (Lipinski definition) is 6. The minimum absolute atomic E-state index is 0.784. The zero-order valence-electron chi connectivity index (χ0n) is 6.15. The van der Waals surface area contributed by atoms with Crippen LogP contribution in [0.5, 0.6) is 0 Å². The van der Waals surface area contributed by atoms with Crippen LogP contribution in [0.1, 0.15) is 0 Å². The number of fused-ring (bicyclic) bond motifs is 2. The van der Waals surface area contributed by atoms with Crippen LogP contribution in [0.2, 0.25) is 0 Å². The molecule has 1 heterocycles. The lowest BCUT2D eigenvalue weighted by Gasteiger charge is -2.34. The van der Waals surface area contributed by atoms with Crippen molar-refractivity contribution in [3.05, 3.63) is 0 Å². The van der Waals surface area contributed by atoms with Gasteiger partial charge in [-0.2, -0.15) is 10.2 Å². The maximum Gasteiger partial charge on any atom is 0.127 e. The Morgan fingerprint density at radius 1 is 0.583 bits per heavy atom. The molecule has 4 unspecified atom stereocenters. The summed E-state index contributed by atoms with van der Waals surface area (Å²) in [6.45, 7) is 0. The summed E-state index contributed by atoms with van der Waals surface area (Å²) in [6, 6.07) is -1.57. The van der Waals surface area contributed by atoms with Crippen molar-refractivity contribution < 1.29 is 20.4 Å². The molecule has 0 amide bonds. The van der Waals surface area contributed by atoms with E-state index in [4.69, 9.17) is 0 Å². The lowest BCUT2D eigenvalue weighted by atomic mass is 9.84. The summed E-state index contributed by atoms with van der Waals surface area (Å²) in [6.07, 6.45) is -4.69. The van der Waals surface area contributed by atoms with Gasteiger partial charge in [0.05, 0.1) is 0 Å². The Hall–Kier alpha value is -0.560. The first-order chi connectivity index (χ1) is 5.63. The van der Waals surface area contributed by atoms with Crippen molar-refractivity contribution in [2.45, 2.75) is 36.5 Å². The zero-order chi connectivity index (χ0) is 8.88. The molecule has 1 saturated carbocycles. The Kier molecular flexibility index (Phi) is 1.65. The van der Waals surface area contributed by atoms with Crippen molar-refractivity contribution in [1.82, 2.24) is 0 Å². The van der Waals surface area contributed by atoms with Crippen LogP contribution in [-0.4, -0.2) is 56.9 Å². The van der Waals surface area contributed by atoms with Crippen LogP contribution in [0.25, 0.3) is 0 Å². The Morgan fingerprint density at radius 3 is 1.42 bits per heavy atom. The Morgan fingerprint density at radius 2 is 1.00 bits per heavy atom. The van der Waals surface area contributed by atoms with Crippen LogP contribution in [0.4, 0.5) is 0 Å². The van der Waals surface area contributed by atoms with Gasteiger partial charge in [0.1, 0.15) is 36.5 Å². The van der Waals surface area contributed by atoms with Crippen molar-refractivity contribution in [2.75, 3.05) is 0 Å². The topological polar surface area (TPSA) is 106 Å². The Labute approximate surface area is 68.2 Å². The molecule has 4 atom stereocenters. The minimum atomic E-state index is -1.27. The molecule has 6 heteroatoms. The SMILES string of the molecule is OC1C(O)C2N=NC(C1O)C2O. The second kappa shape index (κ2) is 2.46. The van der Waals surface area contributed by atoms with E-state index in [2.05, 4.69) is 10.2 Å². The lowest BCUT2D eigenvalue weighted by molar-refractivity contribution is -0.124. The highest BCUT2D eigenvalue weighted by Crippen LogP contribution is 2.31. The normalized spacial score (nSPS) is 57.7. The van der Waals surface area contributed by atoms with E-state index in [1.807, 2.05) is 0 Å². The fourth-order valence-corrected chi connectivity index (χ4v) is 1.64. The fraction of sp³-hybridized carbons (Fsp3) is 1.00. The van der Waals surface area contributed by atoms with Crippen molar-refractivity contribution in [3.63, 3.8) is 0 Å². The van der Waals surface area contributed by atoms with E-state index in [9.17, 15) is 20.4 Å². The average molecular weight is 174 g/mol. The highest BCUT2D eigenvalue weighted by Gasteiger charge is 2.52. The summed E-state index contributed by atoms with van der Waals surface area (Å²) < 4.78 is 0. The summed E-state index contributed by atoms with van der Waals surface area (Å²) in [5.41, 5.74) is 0. The number of aliphatic hydroxyl groups is 4. The molecule has 0 aromatic heterocycles. The maximum atomic E-state index is 9.35. The first-order valence-electron chi connectivity index (χ1n) is 3.75. The van der Waals surface area contributed by atoms with Crippen LogP contribution >= 0.6 is 0 Å². The predicted octanol–water partition coefficient (Wildman–Crippen LogP) is -2.35. The molecule has 0 spiro atoms. The minimum Gasteiger partial charge on any atom is -0.388 e. The molecule has 68 valence electrons. The molecule has 0 aromatic rings. The standard InChI is InChI=1S/C6H10N2O4/c9-3-1-4(10)6(12)5(11)2(3)8-7-1/h1-6,9-12H. The quantitative estimate of drug-likeness (QED) is 0.330. The van der Waals surface area contributed by atoms with Gasteiger partial charge in [-0.25, -0.2) is 0 Å².